The average Bonchev–Trinajstić information content (AvgIpc) is 2.30. The van der Waals surface area contributed by atoms with Crippen LogP contribution in [0.1, 0.15) is 24.2 Å². The van der Waals surface area contributed by atoms with Crippen molar-refractivity contribution in [3.63, 3.8) is 0 Å². The van der Waals surface area contributed by atoms with Crippen molar-refractivity contribution >= 4 is 5.91 Å². The predicted molar refractivity (Wildman–Crippen MR) is 63.2 cm³/mol. The Morgan fingerprint density at radius 1 is 1.41 bits per heavy atom. The second kappa shape index (κ2) is 5.05. The first-order chi connectivity index (χ1) is 7.87. The van der Waals surface area contributed by atoms with Crippen LogP contribution in [0.4, 0.5) is 0 Å². The minimum absolute atomic E-state index is 0.0388. The monoisotopic (exact) mass is 239 g/mol. The van der Waals surface area contributed by atoms with Gasteiger partial charge in [-0.2, -0.15) is 0 Å². The second-order valence-electron chi connectivity index (χ2n) is 4.32. The van der Waals surface area contributed by atoms with Gasteiger partial charge in [-0.25, -0.2) is 0 Å². The number of aromatic hydroxyl groups is 2. The molecule has 0 saturated carbocycles. The summed E-state index contributed by atoms with van der Waals surface area (Å²) in [6, 6.07) is 4.24. The zero-order valence-electron chi connectivity index (χ0n) is 10.2. The Bertz CT molecular complexity index is 415. The molecule has 0 aliphatic carbocycles. The van der Waals surface area contributed by atoms with Crippen LogP contribution in [-0.4, -0.2) is 35.4 Å². The van der Waals surface area contributed by atoms with Crippen molar-refractivity contribution in [2.24, 2.45) is 0 Å². The summed E-state index contributed by atoms with van der Waals surface area (Å²) in [6.45, 7) is 3.96. The van der Waals surface area contributed by atoms with Crippen LogP contribution in [0, 0.1) is 0 Å². The number of methoxy groups -OCH3 is 1. The number of rotatable bonds is 4. The molecular weight excluding hydrogens is 222 g/mol. The summed E-state index contributed by atoms with van der Waals surface area (Å²) in [5.74, 6) is -1.19. The third-order valence-electron chi connectivity index (χ3n) is 2.49. The standard InChI is InChI=1S/C12H17NO4/c1-12(2,17-3)7-13-11(16)8-5-4-6-9(14)10(8)15/h4-6,14-15H,7H2,1-3H3,(H,13,16). The van der Waals surface area contributed by atoms with Gasteiger partial charge < -0.3 is 20.3 Å². The average molecular weight is 239 g/mol. The van der Waals surface area contributed by atoms with Crippen LogP contribution < -0.4 is 5.32 Å². The van der Waals surface area contributed by atoms with Gasteiger partial charge >= 0.3 is 0 Å². The molecule has 0 aliphatic rings. The molecule has 5 heteroatoms. The van der Waals surface area contributed by atoms with Gasteiger partial charge in [0.05, 0.1) is 11.2 Å². The maximum Gasteiger partial charge on any atom is 0.255 e. The Morgan fingerprint density at radius 3 is 2.65 bits per heavy atom. The molecule has 1 aromatic carbocycles. The van der Waals surface area contributed by atoms with E-state index >= 15 is 0 Å². The van der Waals surface area contributed by atoms with Gasteiger partial charge in [0.25, 0.3) is 5.91 Å². The third kappa shape index (κ3) is 3.35. The van der Waals surface area contributed by atoms with Crippen molar-refractivity contribution in [1.29, 1.82) is 0 Å². The number of benzene rings is 1. The van der Waals surface area contributed by atoms with Crippen molar-refractivity contribution in [2.75, 3.05) is 13.7 Å². The van der Waals surface area contributed by atoms with Gasteiger partial charge in [0.1, 0.15) is 0 Å². The van der Waals surface area contributed by atoms with E-state index in [1.54, 1.807) is 7.11 Å². The lowest BCUT2D eigenvalue weighted by atomic mass is 10.1. The summed E-state index contributed by atoms with van der Waals surface area (Å²) >= 11 is 0. The molecule has 0 radical (unpaired) electrons. The fourth-order valence-electron chi connectivity index (χ4n) is 1.18. The molecular formula is C12H17NO4. The van der Waals surface area contributed by atoms with E-state index < -0.39 is 17.3 Å². The number of phenols is 2. The third-order valence-corrected chi connectivity index (χ3v) is 2.49. The van der Waals surface area contributed by atoms with Gasteiger partial charge in [-0.15, -0.1) is 0 Å². The summed E-state index contributed by atoms with van der Waals surface area (Å²) in [7, 11) is 1.55. The van der Waals surface area contributed by atoms with Gasteiger partial charge in [0.15, 0.2) is 11.5 Å². The zero-order chi connectivity index (χ0) is 13.1. The summed E-state index contributed by atoms with van der Waals surface area (Å²) < 4.78 is 5.15. The molecule has 1 aromatic rings. The highest BCUT2D eigenvalue weighted by Crippen LogP contribution is 2.27. The second-order valence-corrected chi connectivity index (χ2v) is 4.32. The molecule has 0 atom stereocenters. The highest BCUT2D eigenvalue weighted by atomic mass is 16.5. The lowest BCUT2D eigenvalue weighted by molar-refractivity contribution is 0.0228. The summed E-state index contributed by atoms with van der Waals surface area (Å²) in [4.78, 5) is 11.7. The Hall–Kier alpha value is -1.75. The number of hydrogen-bond acceptors (Lipinski definition) is 4. The summed E-state index contributed by atoms with van der Waals surface area (Å²) in [5.41, 5.74) is -0.445. The molecule has 17 heavy (non-hydrogen) atoms. The number of hydrogen-bond donors (Lipinski definition) is 3. The number of nitrogens with one attached hydrogen (secondary N) is 1. The Kier molecular flexibility index (Phi) is 3.96. The minimum Gasteiger partial charge on any atom is -0.504 e. The van der Waals surface area contributed by atoms with Crippen molar-refractivity contribution in [3.8, 4) is 11.5 Å². The molecule has 0 bridgehead atoms. The first-order valence-corrected chi connectivity index (χ1v) is 5.21. The molecule has 1 amide bonds. The maximum absolute atomic E-state index is 11.7. The molecule has 0 spiro atoms. The van der Waals surface area contributed by atoms with Gasteiger partial charge in [-0.1, -0.05) is 6.07 Å². The number of amides is 1. The van der Waals surface area contributed by atoms with E-state index in [1.807, 2.05) is 13.8 Å². The van der Waals surface area contributed by atoms with Crippen LogP contribution >= 0.6 is 0 Å². The number of ether oxygens (including phenoxy) is 1. The van der Waals surface area contributed by atoms with Crippen LogP contribution in [0.15, 0.2) is 18.2 Å². The Labute approximate surface area is 100 Å². The largest absolute Gasteiger partial charge is 0.504 e. The van der Waals surface area contributed by atoms with Crippen molar-refractivity contribution in [1.82, 2.24) is 5.32 Å². The minimum atomic E-state index is -0.484. The number of carbonyl (C=O) groups excluding carboxylic acids is 1. The molecule has 0 saturated heterocycles. The molecule has 0 unspecified atom stereocenters. The van der Waals surface area contributed by atoms with Gasteiger partial charge in [0, 0.05) is 13.7 Å². The SMILES string of the molecule is COC(C)(C)CNC(=O)c1cccc(O)c1O. The zero-order valence-corrected chi connectivity index (χ0v) is 10.2. The predicted octanol–water partition coefficient (Wildman–Crippen LogP) is 1.25. The molecule has 0 heterocycles. The lowest BCUT2D eigenvalue weighted by Crippen LogP contribution is -2.39. The van der Waals surface area contributed by atoms with Gasteiger partial charge in [0.2, 0.25) is 0 Å². The highest BCUT2D eigenvalue weighted by Gasteiger charge is 2.19. The maximum atomic E-state index is 11.7. The quantitative estimate of drug-likeness (QED) is 0.691. The van der Waals surface area contributed by atoms with Crippen molar-refractivity contribution in [3.05, 3.63) is 23.8 Å². The summed E-state index contributed by atoms with van der Waals surface area (Å²) in [6.07, 6.45) is 0. The molecule has 0 aliphatic heterocycles. The molecule has 94 valence electrons. The molecule has 5 nitrogen and oxygen atoms in total. The molecule has 0 fully saturated rings. The molecule has 0 aromatic heterocycles. The van der Waals surface area contributed by atoms with Crippen LogP contribution in [0.25, 0.3) is 0 Å². The first-order valence-electron chi connectivity index (χ1n) is 5.21. The topological polar surface area (TPSA) is 78.8 Å². The van der Waals surface area contributed by atoms with Crippen molar-refractivity contribution < 1.29 is 19.7 Å². The van der Waals surface area contributed by atoms with Crippen LogP contribution in [-0.2, 0) is 4.74 Å². The lowest BCUT2D eigenvalue weighted by Gasteiger charge is -2.23. The van der Waals surface area contributed by atoms with Crippen LogP contribution in [0.2, 0.25) is 0 Å². The Balaban J connectivity index is 2.74. The number of phenolic OH excluding ortho intramolecular Hbond substituents is 2. The summed E-state index contributed by atoms with van der Waals surface area (Å²) in [5, 5.41) is 21.4. The van der Waals surface area contributed by atoms with E-state index in [0.29, 0.717) is 6.54 Å². The van der Waals surface area contributed by atoms with Gasteiger partial charge in [-0.3, -0.25) is 4.79 Å². The number of para-hydroxylation sites is 1. The van der Waals surface area contributed by atoms with Crippen molar-refractivity contribution in [2.45, 2.75) is 19.4 Å². The first kappa shape index (κ1) is 13.3. The normalized spacial score (nSPS) is 11.2. The highest BCUT2D eigenvalue weighted by molar-refractivity contribution is 5.97. The van der Waals surface area contributed by atoms with E-state index in [9.17, 15) is 15.0 Å². The van der Waals surface area contributed by atoms with E-state index in [1.165, 1.54) is 18.2 Å². The fraction of sp³-hybridized carbons (Fsp3) is 0.417. The fourth-order valence-corrected chi connectivity index (χ4v) is 1.18. The van der Waals surface area contributed by atoms with E-state index in [0.717, 1.165) is 0 Å². The van der Waals surface area contributed by atoms with Crippen LogP contribution in [0.5, 0.6) is 11.5 Å². The molecule has 3 N–H and O–H groups in total. The number of carbonyl (C=O) groups is 1. The van der Waals surface area contributed by atoms with Gasteiger partial charge in [-0.05, 0) is 26.0 Å². The van der Waals surface area contributed by atoms with E-state index in [2.05, 4.69) is 5.32 Å². The smallest absolute Gasteiger partial charge is 0.255 e. The van der Waals surface area contributed by atoms with E-state index in [-0.39, 0.29) is 11.3 Å². The molecule has 1 rings (SSSR count). The van der Waals surface area contributed by atoms with E-state index in [4.69, 9.17) is 4.74 Å². The Morgan fingerprint density at radius 2 is 2.06 bits per heavy atom. The van der Waals surface area contributed by atoms with Crippen LogP contribution in [0.3, 0.4) is 0 Å².